The van der Waals surface area contributed by atoms with Crippen molar-refractivity contribution in [1.29, 1.82) is 0 Å². The highest BCUT2D eigenvalue weighted by Gasteiger charge is 2.05. The second kappa shape index (κ2) is 5.55. The standard InChI is InChI=1S/C9H14N4OS/c1-3-6(2)15-8-5-11-7(4-12-8)9(10)13-14/h4-6,14H,3H2,1-2H3,(H2,10,13). The molecular formula is C9H14N4OS. The highest BCUT2D eigenvalue weighted by atomic mass is 32.2. The molecule has 0 aliphatic carbocycles. The van der Waals surface area contributed by atoms with Crippen LogP contribution < -0.4 is 5.73 Å². The molecule has 5 nitrogen and oxygen atoms in total. The number of nitrogens with zero attached hydrogens (tertiary/aromatic N) is 3. The molecule has 1 rings (SSSR count). The van der Waals surface area contributed by atoms with Crippen molar-refractivity contribution in [2.75, 3.05) is 0 Å². The van der Waals surface area contributed by atoms with E-state index in [9.17, 15) is 0 Å². The van der Waals surface area contributed by atoms with E-state index in [0.717, 1.165) is 11.4 Å². The van der Waals surface area contributed by atoms with Gasteiger partial charge < -0.3 is 10.9 Å². The zero-order valence-corrected chi connectivity index (χ0v) is 9.53. The van der Waals surface area contributed by atoms with Gasteiger partial charge in [0.2, 0.25) is 0 Å². The van der Waals surface area contributed by atoms with Gasteiger partial charge in [0.1, 0.15) is 10.7 Å². The van der Waals surface area contributed by atoms with Gasteiger partial charge in [0.25, 0.3) is 0 Å². The molecule has 1 heterocycles. The summed E-state index contributed by atoms with van der Waals surface area (Å²) in [7, 11) is 0. The van der Waals surface area contributed by atoms with Crippen molar-refractivity contribution in [2.45, 2.75) is 30.5 Å². The molecule has 15 heavy (non-hydrogen) atoms. The van der Waals surface area contributed by atoms with Crippen LogP contribution in [-0.4, -0.2) is 26.3 Å². The van der Waals surface area contributed by atoms with Crippen molar-refractivity contribution in [3.63, 3.8) is 0 Å². The topological polar surface area (TPSA) is 84.4 Å². The van der Waals surface area contributed by atoms with Gasteiger partial charge >= 0.3 is 0 Å². The Morgan fingerprint density at radius 3 is 2.80 bits per heavy atom. The van der Waals surface area contributed by atoms with Gasteiger partial charge in [-0.05, 0) is 6.42 Å². The summed E-state index contributed by atoms with van der Waals surface area (Å²) in [5.74, 6) is -0.0254. The Morgan fingerprint density at radius 1 is 1.60 bits per heavy atom. The lowest BCUT2D eigenvalue weighted by Crippen LogP contribution is -2.15. The van der Waals surface area contributed by atoms with E-state index in [2.05, 4.69) is 29.0 Å². The van der Waals surface area contributed by atoms with Gasteiger partial charge in [-0.1, -0.05) is 19.0 Å². The molecule has 0 fully saturated rings. The minimum Gasteiger partial charge on any atom is -0.409 e. The first-order valence-electron chi connectivity index (χ1n) is 4.64. The van der Waals surface area contributed by atoms with Gasteiger partial charge in [-0.15, -0.1) is 11.8 Å². The van der Waals surface area contributed by atoms with Gasteiger partial charge in [-0.25, -0.2) is 9.97 Å². The van der Waals surface area contributed by atoms with Crippen LogP contribution in [0.1, 0.15) is 26.0 Å². The summed E-state index contributed by atoms with van der Waals surface area (Å²) < 4.78 is 0. The van der Waals surface area contributed by atoms with Crippen molar-refractivity contribution in [3.8, 4) is 0 Å². The first-order chi connectivity index (χ1) is 7.17. The largest absolute Gasteiger partial charge is 0.409 e. The van der Waals surface area contributed by atoms with Crippen molar-refractivity contribution < 1.29 is 5.21 Å². The van der Waals surface area contributed by atoms with Crippen LogP contribution in [-0.2, 0) is 0 Å². The zero-order valence-electron chi connectivity index (χ0n) is 8.71. The lowest BCUT2D eigenvalue weighted by atomic mass is 10.4. The van der Waals surface area contributed by atoms with Crippen LogP contribution in [0, 0.1) is 0 Å². The summed E-state index contributed by atoms with van der Waals surface area (Å²) in [6.07, 6.45) is 4.21. The van der Waals surface area contributed by atoms with Gasteiger partial charge in [-0.3, -0.25) is 0 Å². The number of aromatic nitrogens is 2. The first kappa shape index (κ1) is 11.8. The molecular weight excluding hydrogens is 212 g/mol. The third kappa shape index (κ3) is 3.39. The summed E-state index contributed by atoms with van der Waals surface area (Å²) in [4.78, 5) is 8.20. The molecule has 1 unspecified atom stereocenters. The molecule has 1 aromatic heterocycles. The van der Waals surface area contributed by atoms with Crippen LogP contribution in [0.2, 0.25) is 0 Å². The molecule has 6 heteroatoms. The van der Waals surface area contributed by atoms with Gasteiger partial charge in [0, 0.05) is 5.25 Å². The number of hydrogen-bond acceptors (Lipinski definition) is 5. The highest BCUT2D eigenvalue weighted by molar-refractivity contribution is 7.99. The fraction of sp³-hybridized carbons (Fsp3) is 0.444. The van der Waals surface area contributed by atoms with Crippen LogP contribution in [0.25, 0.3) is 0 Å². The van der Waals surface area contributed by atoms with Gasteiger partial charge in [-0.2, -0.15) is 0 Å². The maximum absolute atomic E-state index is 8.43. The second-order valence-corrected chi connectivity index (χ2v) is 4.52. The van der Waals surface area contributed by atoms with E-state index in [4.69, 9.17) is 10.9 Å². The number of nitrogens with two attached hydrogens (primary N) is 1. The lowest BCUT2D eigenvalue weighted by molar-refractivity contribution is 0.318. The lowest BCUT2D eigenvalue weighted by Gasteiger charge is -2.06. The van der Waals surface area contributed by atoms with Crippen molar-refractivity contribution >= 4 is 17.6 Å². The van der Waals surface area contributed by atoms with Gasteiger partial charge in [0.05, 0.1) is 12.4 Å². The Morgan fingerprint density at radius 2 is 2.33 bits per heavy atom. The van der Waals surface area contributed by atoms with Crippen molar-refractivity contribution in [3.05, 3.63) is 18.1 Å². The van der Waals surface area contributed by atoms with E-state index in [-0.39, 0.29) is 5.84 Å². The predicted octanol–water partition coefficient (Wildman–Crippen LogP) is 1.46. The molecule has 0 bridgehead atoms. The molecule has 1 atom stereocenters. The molecule has 82 valence electrons. The molecule has 0 aliphatic rings. The average Bonchev–Trinajstić information content (AvgIpc) is 2.29. The summed E-state index contributed by atoms with van der Waals surface area (Å²) in [6, 6.07) is 0. The quantitative estimate of drug-likeness (QED) is 0.267. The molecule has 0 radical (unpaired) electrons. The molecule has 1 aromatic rings. The van der Waals surface area contributed by atoms with E-state index >= 15 is 0 Å². The summed E-state index contributed by atoms with van der Waals surface area (Å²) >= 11 is 1.65. The van der Waals surface area contributed by atoms with Crippen molar-refractivity contribution in [2.24, 2.45) is 10.9 Å². The van der Waals surface area contributed by atoms with E-state index in [0.29, 0.717) is 10.9 Å². The third-order valence-electron chi connectivity index (χ3n) is 1.90. The SMILES string of the molecule is CCC(C)Sc1cnc(C(N)=NO)cn1. The maximum atomic E-state index is 8.43. The van der Waals surface area contributed by atoms with Gasteiger partial charge in [0.15, 0.2) is 5.84 Å². The Labute approximate surface area is 92.8 Å². The first-order valence-corrected chi connectivity index (χ1v) is 5.52. The highest BCUT2D eigenvalue weighted by Crippen LogP contribution is 2.21. The Hall–Kier alpha value is -1.30. The Balaban J connectivity index is 2.72. The number of amidine groups is 1. The molecule has 3 N–H and O–H groups in total. The molecule has 0 amide bonds. The van der Waals surface area contributed by atoms with Crippen LogP contribution in [0.15, 0.2) is 22.6 Å². The zero-order chi connectivity index (χ0) is 11.3. The minimum absolute atomic E-state index is 0.0254. The fourth-order valence-corrected chi connectivity index (χ4v) is 1.66. The normalized spacial score (nSPS) is 13.9. The van der Waals surface area contributed by atoms with Crippen LogP contribution in [0.4, 0.5) is 0 Å². The van der Waals surface area contributed by atoms with E-state index < -0.39 is 0 Å². The van der Waals surface area contributed by atoms with Crippen LogP contribution in [0.5, 0.6) is 0 Å². The maximum Gasteiger partial charge on any atom is 0.190 e. The monoisotopic (exact) mass is 226 g/mol. The molecule has 0 saturated heterocycles. The average molecular weight is 226 g/mol. The van der Waals surface area contributed by atoms with E-state index in [1.54, 1.807) is 18.0 Å². The summed E-state index contributed by atoms with van der Waals surface area (Å²) in [5.41, 5.74) is 5.74. The van der Waals surface area contributed by atoms with Crippen LogP contribution >= 0.6 is 11.8 Å². The molecule has 0 saturated carbocycles. The number of rotatable bonds is 4. The number of thioether (sulfide) groups is 1. The fourth-order valence-electron chi connectivity index (χ4n) is 0.850. The minimum atomic E-state index is -0.0254. The third-order valence-corrected chi connectivity index (χ3v) is 3.08. The molecule has 0 aromatic carbocycles. The molecule has 0 spiro atoms. The Bertz CT molecular complexity index is 338. The van der Waals surface area contributed by atoms with Crippen molar-refractivity contribution in [1.82, 2.24) is 9.97 Å². The Kier molecular flexibility index (Phi) is 4.36. The van der Waals surface area contributed by atoms with Crippen LogP contribution in [0.3, 0.4) is 0 Å². The number of oxime groups is 1. The summed E-state index contributed by atoms with van der Waals surface area (Å²) in [5, 5.41) is 12.6. The second-order valence-electron chi connectivity index (χ2n) is 3.06. The van der Waals surface area contributed by atoms with E-state index in [1.807, 2.05) is 0 Å². The van der Waals surface area contributed by atoms with E-state index in [1.165, 1.54) is 6.20 Å². The molecule has 0 aliphatic heterocycles. The number of hydrogen-bond donors (Lipinski definition) is 2. The summed E-state index contributed by atoms with van der Waals surface area (Å²) in [6.45, 7) is 4.25. The predicted molar refractivity (Wildman–Crippen MR) is 60.2 cm³/mol. The smallest absolute Gasteiger partial charge is 0.190 e.